The van der Waals surface area contributed by atoms with Gasteiger partial charge in [-0.2, -0.15) is 0 Å². The molecule has 1 saturated carbocycles. The second-order valence-electron chi connectivity index (χ2n) is 5.84. The first-order valence-electron chi connectivity index (χ1n) is 7.20. The SMILES string of the molecule is CN(CC(=O)N(C)Cc1ccccc1)CC(O)C1CC1. The number of hydrogen-bond acceptors (Lipinski definition) is 3. The second kappa shape index (κ2) is 6.86. The van der Waals surface area contributed by atoms with Gasteiger partial charge in [-0.3, -0.25) is 9.69 Å². The number of aliphatic hydroxyl groups excluding tert-OH is 1. The molecule has 1 aliphatic rings. The van der Waals surface area contributed by atoms with E-state index in [1.165, 1.54) is 0 Å². The summed E-state index contributed by atoms with van der Waals surface area (Å²) in [6, 6.07) is 9.96. The van der Waals surface area contributed by atoms with Gasteiger partial charge in [0.25, 0.3) is 0 Å². The Labute approximate surface area is 121 Å². The number of carbonyl (C=O) groups is 1. The van der Waals surface area contributed by atoms with Gasteiger partial charge in [-0.25, -0.2) is 0 Å². The predicted molar refractivity (Wildman–Crippen MR) is 79.1 cm³/mol. The van der Waals surface area contributed by atoms with E-state index in [-0.39, 0.29) is 12.0 Å². The molecule has 0 aliphatic heterocycles. The van der Waals surface area contributed by atoms with Crippen LogP contribution in [0.15, 0.2) is 30.3 Å². The molecular weight excluding hydrogens is 252 g/mol. The van der Waals surface area contributed by atoms with Gasteiger partial charge in [-0.05, 0) is 31.4 Å². The Morgan fingerprint density at radius 3 is 2.55 bits per heavy atom. The third kappa shape index (κ3) is 4.62. The van der Waals surface area contributed by atoms with Crippen molar-refractivity contribution in [1.29, 1.82) is 0 Å². The summed E-state index contributed by atoms with van der Waals surface area (Å²) < 4.78 is 0. The van der Waals surface area contributed by atoms with E-state index in [9.17, 15) is 9.90 Å². The number of carbonyl (C=O) groups excluding carboxylic acids is 1. The lowest BCUT2D eigenvalue weighted by Crippen LogP contribution is -2.39. The molecule has 0 radical (unpaired) electrons. The Kier molecular flexibility index (Phi) is 5.15. The van der Waals surface area contributed by atoms with Gasteiger partial charge in [0.05, 0.1) is 12.6 Å². The normalized spacial score (nSPS) is 16.2. The van der Waals surface area contributed by atoms with Crippen molar-refractivity contribution in [2.75, 3.05) is 27.2 Å². The molecular formula is C16H24N2O2. The summed E-state index contributed by atoms with van der Waals surface area (Å²) in [5.74, 6) is 0.536. The van der Waals surface area contributed by atoms with E-state index in [0.717, 1.165) is 18.4 Å². The lowest BCUT2D eigenvalue weighted by atomic mass is 10.2. The summed E-state index contributed by atoms with van der Waals surface area (Å²) in [6.07, 6.45) is 1.96. The Morgan fingerprint density at radius 2 is 1.95 bits per heavy atom. The van der Waals surface area contributed by atoms with Crippen LogP contribution in [0.4, 0.5) is 0 Å². The van der Waals surface area contributed by atoms with Gasteiger partial charge in [-0.15, -0.1) is 0 Å². The molecule has 1 unspecified atom stereocenters. The molecule has 0 saturated heterocycles. The zero-order valence-electron chi connectivity index (χ0n) is 12.3. The number of benzene rings is 1. The van der Waals surface area contributed by atoms with Crippen LogP contribution in [0, 0.1) is 5.92 Å². The molecule has 4 heteroatoms. The average molecular weight is 276 g/mol. The van der Waals surface area contributed by atoms with Gasteiger partial charge in [0.2, 0.25) is 5.91 Å². The van der Waals surface area contributed by atoms with E-state index in [1.807, 2.05) is 49.3 Å². The first kappa shape index (κ1) is 15.0. The van der Waals surface area contributed by atoms with Gasteiger partial charge in [-0.1, -0.05) is 30.3 Å². The molecule has 0 spiro atoms. The molecule has 0 bridgehead atoms. The van der Waals surface area contributed by atoms with E-state index in [2.05, 4.69) is 0 Å². The number of likely N-dealkylation sites (N-methyl/N-ethyl adjacent to an activating group) is 2. The molecule has 1 amide bonds. The molecule has 2 rings (SSSR count). The van der Waals surface area contributed by atoms with Crippen LogP contribution < -0.4 is 0 Å². The monoisotopic (exact) mass is 276 g/mol. The largest absolute Gasteiger partial charge is 0.392 e. The van der Waals surface area contributed by atoms with E-state index < -0.39 is 0 Å². The standard InChI is InChI=1S/C16H24N2O2/c1-17(11-15(19)14-8-9-14)12-16(20)18(2)10-13-6-4-3-5-7-13/h3-7,14-15,19H,8-12H2,1-2H3. The number of nitrogens with zero attached hydrogens (tertiary/aromatic N) is 2. The Balaban J connectivity index is 1.75. The van der Waals surface area contributed by atoms with E-state index in [4.69, 9.17) is 0 Å². The van der Waals surface area contributed by atoms with Crippen LogP contribution in [0.5, 0.6) is 0 Å². The average Bonchev–Trinajstić information content (AvgIpc) is 3.23. The maximum atomic E-state index is 12.1. The molecule has 1 aliphatic carbocycles. The molecule has 1 fully saturated rings. The maximum absolute atomic E-state index is 12.1. The Bertz CT molecular complexity index is 431. The minimum Gasteiger partial charge on any atom is -0.392 e. The molecule has 0 aromatic heterocycles. The fraction of sp³-hybridized carbons (Fsp3) is 0.562. The second-order valence-corrected chi connectivity index (χ2v) is 5.84. The first-order chi connectivity index (χ1) is 9.56. The lowest BCUT2D eigenvalue weighted by molar-refractivity contribution is -0.131. The quantitative estimate of drug-likeness (QED) is 0.817. The van der Waals surface area contributed by atoms with Crippen molar-refractivity contribution in [3.63, 3.8) is 0 Å². The molecule has 4 nitrogen and oxygen atoms in total. The van der Waals surface area contributed by atoms with Crippen molar-refractivity contribution in [3.05, 3.63) is 35.9 Å². The molecule has 1 aromatic rings. The van der Waals surface area contributed by atoms with Crippen LogP contribution in [0.2, 0.25) is 0 Å². The van der Waals surface area contributed by atoms with Crippen LogP contribution >= 0.6 is 0 Å². The third-order valence-electron chi connectivity index (χ3n) is 3.76. The summed E-state index contributed by atoms with van der Waals surface area (Å²) >= 11 is 0. The van der Waals surface area contributed by atoms with Gasteiger partial charge in [0.1, 0.15) is 0 Å². The molecule has 1 aromatic carbocycles. The van der Waals surface area contributed by atoms with Crippen molar-refractivity contribution in [3.8, 4) is 0 Å². The van der Waals surface area contributed by atoms with Crippen LogP contribution in [0.25, 0.3) is 0 Å². The Morgan fingerprint density at radius 1 is 1.30 bits per heavy atom. The minimum atomic E-state index is -0.285. The van der Waals surface area contributed by atoms with Crippen molar-refractivity contribution < 1.29 is 9.90 Å². The van der Waals surface area contributed by atoms with E-state index in [1.54, 1.807) is 4.90 Å². The minimum absolute atomic E-state index is 0.0827. The van der Waals surface area contributed by atoms with Gasteiger partial charge in [0.15, 0.2) is 0 Å². The molecule has 20 heavy (non-hydrogen) atoms. The summed E-state index contributed by atoms with van der Waals surface area (Å²) in [7, 11) is 3.71. The third-order valence-corrected chi connectivity index (χ3v) is 3.76. The van der Waals surface area contributed by atoms with Crippen molar-refractivity contribution >= 4 is 5.91 Å². The summed E-state index contributed by atoms with van der Waals surface area (Å²) in [5.41, 5.74) is 1.13. The van der Waals surface area contributed by atoms with E-state index in [0.29, 0.717) is 25.6 Å². The van der Waals surface area contributed by atoms with Crippen molar-refractivity contribution in [2.45, 2.75) is 25.5 Å². The van der Waals surface area contributed by atoms with Gasteiger partial charge >= 0.3 is 0 Å². The van der Waals surface area contributed by atoms with Crippen LogP contribution in [-0.4, -0.2) is 54.1 Å². The van der Waals surface area contributed by atoms with Crippen molar-refractivity contribution in [2.24, 2.45) is 5.92 Å². The van der Waals surface area contributed by atoms with Crippen molar-refractivity contribution in [1.82, 2.24) is 9.80 Å². The highest BCUT2D eigenvalue weighted by molar-refractivity contribution is 5.77. The number of amides is 1. The molecule has 0 heterocycles. The highest BCUT2D eigenvalue weighted by atomic mass is 16.3. The fourth-order valence-corrected chi connectivity index (χ4v) is 2.31. The summed E-state index contributed by atoms with van der Waals surface area (Å²) in [4.78, 5) is 15.8. The predicted octanol–water partition coefficient (Wildman–Crippen LogP) is 1.35. The zero-order chi connectivity index (χ0) is 14.5. The number of rotatable bonds is 7. The number of hydrogen-bond donors (Lipinski definition) is 1. The van der Waals surface area contributed by atoms with Crippen LogP contribution in [-0.2, 0) is 11.3 Å². The molecule has 1 atom stereocenters. The van der Waals surface area contributed by atoms with Gasteiger partial charge in [0, 0.05) is 20.1 Å². The smallest absolute Gasteiger partial charge is 0.236 e. The van der Waals surface area contributed by atoms with Crippen LogP contribution in [0.3, 0.4) is 0 Å². The number of aliphatic hydroxyl groups is 1. The highest BCUT2D eigenvalue weighted by Gasteiger charge is 2.30. The molecule has 1 N–H and O–H groups in total. The zero-order valence-corrected chi connectivity index (χ0v) is 12.3. The highest BCUT2D eigenvalue weighted by Crippen LogP contribution is 2.32. The lowest BCUT2D eigenvalue weighted by Gasteiger charge is -2.23. The summed E-state index contributed by atoms with van der Waals surface area (Å²) in [5, 5.41) is 9.88. The maximum Gasteiger partial charge on any atom is 0.236 e. The van der Waals surface area contributed by atoms with Crippen LogP contribution in [0.1, 0.15) is 18.4 Å². The summed E-state index contributed by atoms with van der Waals surface area (Å²) in [6.45, 7) is 1.56. The van der Waals surface area contributed by atoms with Gasteiger partial charge < -0.3 is 10.0 Å². The molecule has 110 valence electrons. The first-order valence-corrected chi connectivity index (χ1v) is 7.20. The topological polar surface area (TPSA) is 43.8 Å². The fourth-order valence-electron chi connectivity index (χ4n) is 2.31. The Hall–Kier alpha value is -1.39. The van der Waals surface area contributed by atoms with E-state index >= 15 is 0 Å².